The van der Waals surface area contributed by atoms with Crippen molar-refractivity contribution in [2.24, 2.45) is 11.3 Å². The lowest BCUT2D eigenvalue weighted by molar-refractivity contribution is 0.0963. The molecule has 1 atom stereocenters. The molecular formula is C22H28N2O2S. The van der Waals surface area contributed by atoms with E-state index in [1.807, 2.05) is 31.2 Å². The van der Waals surface area contributed by atoms with Gasteiger partial charge in [0.25, 0.3) is 11.8 Å². The Balaban J connectivity index is 1.96. The molecule has 0 saturated heterocycles. The molecule has 1 aromatic heterocycles. The van der Waals surface area contributed by atoms with Gasteiger partial charge in [0.2, 0.25) is 0 Å². The van der Waals surface area contributed by atoms with Crippen molar-refractivity contribution in [3.05, 3.63) is 51.4 Å². The Hall–Kier alpha value is -2.14. The van der Waals surface area contributed by atoms with E-state index < -0.39 is 0 Å². The van der Waals surface area contributed by atoms with Crippen molar-refractivity contribution >= 4 is 28.2 Å². The Bertz CT molecular complexity index is 877. The van der Waals surface area contributed by atoms with E-state index in [4.69, 9.17) is 0 Å². The highest BCUT2D eigenvalue weighted by Gasteiger charge is 2.34. The van der Waals surface area contributed by atoms with Crippen molar-refractivity contribution in [2.75, 3.05) is 12.4 Å². The van der Waals surface area contributed by atoms with Gasteiger partial charge in [-0.25, -0.2) is 0 Å². The molecule has 0 aliphatic heterocycles. The minimum atomic E-state index is -0.163. The molecule has 0 bridgehead atoms. The van der Waals surface area contributed by atoms with Crippen LogP contribution in [0.2, 0.25) is 0 Å². The van der Waals surface area contributed by atoms with Crippen molar-refractivity contribution in [2.45, 2.75) is 47.0 Å². The number of benzene rings is 1. The largest absolute Gasteiger partial charge is 0.355 e. The molecule has 1 unspecified atom stereocenters. The fourth-order valence-corrected chi connectivity index (χ4v) is 5.10. The first-order chi connectivity index (χ1) is 12.7. The third kappa shape index (κ3) is 3.93. The lowest BCUT2D eigenvalue weighted by Crippen LogP contribution is -2.27. The van der Waals surface area contributed by atoms with Crippen LogP contribution in [0.15, 0.2) is 24.3 Å². The Kier molecular flexibility index (Phi) is 5.43. The van der Waals surface area contributed by atoms with Crippen LogP contribution < -0.4 is 10.6 Å². The van der Waals surface area contributed by atoms with Gasteiger partial charge in [-0.3, -0.25) is 9.59 Å². The normalized spacial score (nSPS) is 16.6. The van der Waals surface area contributed by atoms with Crippen molar-refractivity contribution in [1.82, 2.24) is 5.32 Å². The third-order valence-electron chi connectivity index (χ3n) is 5.56. The molecule has 5 heteroatoms. The van der Waals surface area contributed by atoms with Crippen LogP contribution in [0.5, 0.6) is 0 Å². The molecule has 0 saturated carbocycles. The predicted molar refractivity (Wildman–Crippen MR) is 112 cm³/mol. The molecule has 1 aromatic carbocycles. The Labute approximate surface area is 165 Å². The number of aryl methyl sites for hydroxylation is 1. The highest BCUT2D eigenvalue weighted by molar-refractivity contribution is 7.17. The molecule has 2 aromatic rings. The van der Waals surface area contributed by atoms with Crippen molar-refractivity contribution in [3.63, 3.8) is 0 Å². The molecule has 4 nitrogen and oxygen atoms in total. The molecule has 27 heavy (non-hydrogen) atoms. The number of anilines is 1. The summed E-state index contributed by atoms with van der Waals surface area (Å²) in [5, 5.41) is 6.42. The van der Waals surface area contributed by atoms with Gasteiger partial charge in [-0.1, -0.05) is 39.0 Å². The second-order valence-electron chi connectivity index (χ2n) is 8.36. The minimum Gasteiger partial charge on any atom is -0.355 e. The number of hydrogen-bond acceptors (Lipinski definition) is 3. The van der Waals surface area contributed by atoms with E-state index in [9.17, 15) is 9.59 Å². The molecule has 2 amide bonds. The molecule has 0 spiro atoms. The van der Waals surface area contributed by atoms with Gasteiger partial charge in [0, 0.05) is 17.5 Å². The molecular weight excluding hydrogens is 356 g/mol. The highest BCUT2D eigenvalue weighted by Crippen LogP contribution is 2.44. The van der Waals surface area contributed by atoms with E-state index in [-0.39, 0.29) is 17.2 Å². The van der Waals surface area contributed by atoms with Gasteiger partial charge in [0.15, 0.2) is 0 Å². The maximum absolute atomic E-state index is 12.8. The predicted octanol–water partition coefficient (Wildman–Crippen LogP) is 4.82. The van der Waals surface area contributed by atoms with Gasteiger partial charge in [0.05, 0.1) is 5.56 Å². The molecule has 3 rings (SSSR count). The molecule has 0 fully saturated rings. The van der Waals surface area contributed by atoms with Crippen LogP contribution in [0, 0.1) is 18.3 Å². The Morgan fingerprint density at radius 1 is 1.15 bits per heavy atom. The summed E-state index contributed by atoms with van der Waals surface area (Å²) in [6.07, 6.45) is 2.92. The zero-order valence-electron chi connectivity index (χ0n) is 16.7. The van der Waals surface area contributed by atoms with Gasteiger partial charge in [0.1, 0.15) is 5.00 Å². The molecule has 1 aliphatic carbocycles. The maximum atomic E-state index is 12.8. The molecule has 1 heterocycles. The summed E-state index contributed by atoms with van der Waals surface area (Å²) in [6.45, 7) is 8.74. The lowest BCUT2D eigenvalue weighted by atomic mass is 9.72. The number of fused-ring (bicyclic) bond motifs is 1. The summed E-state index contributed by atoms with van der Waals surface area (Å²) in [6, 6.07) is 7.50. The lowest BCUT2D eigenvalue weighted by Gasteiger charge is -2.33. The summed E-state index contributed by atoms with van der Waals surface area (Å²) in [7, 11) is 1.64. The topological polar surface area (TPSA) is 58.2 Å². The number of nitrogens with one attached hydrogen (secondary N) is 2. The molecule has 1 aliphatic rings. The van der Waals surface area contributed by atoms with Crippen LogP contribution in [0.4, 0.5) is 5.00 Å². The van der Waals surface area contributed by atoms with Gasteiger partial charge in [-0.2, -0.15) is 0 Å². The Morgan fingerprint density at radius 3 is 2.48 bits per heavy atom. The van der Waals surface area contributed by atoms with E-state index in [2.05, 4.69) is 31.4 Å². The van der Waals surface area contributed by atoms with Gasteiger partial charge in [-0.15, -0.1) is 11.3 Å². The van der Waals surface area contributed by atoms with E-state index in [0.717, 1.165) is 30.4 Å². The zero-order chi connectivity index (χ0) is 19.8. The molecule has 0 radical (unpaired) electrons. The zero-order valence-corrected chi connectivity index (χ0v) is 17.5. The number of carbonyl (C=O) groups excluding carboxylic acids is 2. The second-order valence-corrected chi connectivity index (χ2v) is 9.47. The average molecular weight is 385 g/mol. The Morgan fingerprint density at radius 2 is 1.85 bits per heavy atom. The highest BCUT2D eigenvalue weighted by atomic mass is 32.1. The number of rotatable bonds is 3. The van der Waals surface area contributed by atoms with Crippen molar-refractivity contribution < 1.29 is 9.59 Å². The summed E-state index contributed by atoms with van der Waals surface area (Å²) >= 11 is 1.56. The van der Waals surface area contributed by atoms with Gasteiger partial charge >= 0.3 is 0 Å². The number of thiophene rings is 1. The summed E-state index contributed by atoms with van der Waals surface area (Å²) < 4.78 is 0. The maximum Gasteiger partial charge on any atom is 0.256 e. The fraction of sp³-hybridized carbons (Fsp3) is 0.455. The van der Waals surface area contributed by atoms with Gasteiger partial charge < -0.3 is 10.6 Å². The SMILES string of the molecule is CNC(=O)c1c(NC(=O)c2ccccc2C)sc2c1CCC(C(C)(C)C)C2. The molecule has 2 N–H and O–H groups in total. The van der Waals surface area contributed by atoms with Crippen LogP contribution in [-0.2, 0) is 12.8 Å². The average Bonchev–Trinajstić information content (AvgIpc) is 2.97. The fourth-order valence-electron chi connectivity index (χ4n) is 3.78. The summed E-state index contributed by atoms with van der Waals surface area (Å²) in [5.41, 5.74) is 3.55. The van der Waals surface area contributed by atoms with Crippen molar-refractivity contribution in [1.29, 1.82) is 0 Å². The smallest absolute Gasteiger partial charge is 0.256 e. The van der Waals surface area contributed by atoms with E-state index in [1.165, 1.54) is 4.88 Å². The summed E-state index contributed by atoms with van der Waals surface area (Å²) in [4.78, 5) is 26.6. The minimum absolute atomic E-state index is 0.123. The first kappa shape index (κ1) is 19.6. The first-order valence-corrected chi connectivity index (χ1v) is 10.3. The number of amides is 2. The van der Waals surface area contributed by atoms with Crippen LogP contribution in [-0.4, -0.2) is 18.9 Å². The van der Waals surface area contributed by atoms with Crippen LogP contribution in [0.1, 0.15) is 63.9 Å². The third-order valence-corrected chi connectivity index (χ3v) is 6.73. The van der Waals surface area contributed by atoms with Crippen molar-refractivity contribution in [3.8, 4) is 0 Å². The van der Waals surface area contributed by atoms with E-state index >= 15 is 0 Å². The number of carbonyl (C=O) groups is 2. The van der Waals surface area contributed by atoms with E-state index in [1.54, 1.807) is 18.4 Å². The standard InChI is InChI=1S/C22H28N2O2S/c1-13-8-6-7-9-15(13)19(25)24-21-18(20(26)23-5)16-11-10-14(22(2,3)4)12-17(16)27-21/h6-9,14H,10-12H2,1-5H3,(H,23,26)(H,24,25). The quantitative estimate of drug-likeness (QED) is 0.797. The van der Waals surface area contributed by atoms with Crippen LogP contribution in [0.3, 0.4) is 0 Å². The first-order valence-electron chi connectivity index (χ1n) is 9.46. The summed E-state index contributed by atoms with van der Waals surface area (Å²) in [5.74, 6) is 0.298. The van der Waals surface area contributed by atoms with E-state index in [0.29, 0.717) is 22.0 Å². The van der Waals surface area contributed by atoms with Crippen LogP contribution in [0.25, 0.3) is 0 Å². The second kappa shape index (κ2) is 7.47. The monoisotopic (exact) mass is 384 g/mol. The number of hydrogen-bond donors (Lipinski definition) is 2. The van der Waals surface area contributed by atoms with Gasteiger partial charge in [-0.05, 0) is 54.7 Å². The molecule has 144 valence electrons. The van der Waals surface area contributed by atoms with Crippen LogP contribution >= 0.6 is 11.3 Å².